The van der Waals surface area contributed by atoms with Crippen molar-refractivity contribution in [2.45, 2.75) is 49.4 Å². The van der Waals surface area contributed by atoms with Crippen LogP contribution >= 0.6 is 23.1 Å². The van der Waals surface area contributed by atoms with Gasteiger partial charge in [0.15, 0.2) is 4.34 Å². The number of hydrogen-bond donors (Lipinski definition) is 0. The van der Waals surface area contributed by atoms with E-state index < -0.39 is 0 Å². The van der Waals surface area contributed by atoms with Crippen LogP contribution in [0.1, 0.15) is 43.9 Å². The van der Waals surface area contributed by atoms with E-state index in [1.807, 2.05) is 29.2 Å². The van der Waals surface area contributed by atoms with Crippen LogP contribution in [-0.2, 0) is 10.2 Å². The number of carbonyl (C=O) groups excluding carboxylic acids is 1. The van der Waals surface area contributed by atoms with Gasteiger partial charge >= 0.3 is 0 Å². The number of thiazole rings is 1. The lowest BCUT2D eigenvalue weighted by Gasteiger charge is -2.51. The Morgan fingerprint density at radius 2 is 1.79 bits per heavy atom. The lowest BCUT2D eigenvalue weighted by Crippen LogP contribution is -2.56. The first-order valence-electron chi connectivity index (χ1n) is 11.3. The van der Waals surface area contributed by atoms with Gasteiger partial charge in [0.25, 0.3) is 0 Å². The molecule has 0 spiro atoms. The molecule has 0 unspecified atom stereocenters. The van der Waals surface area contributed by atoms with Crippen LogP contribution in [-0.4, -0.2) is 22.2 Å². The van der Waals surface area contributed by atoms with Crippen molar-refractivity contribution in [2.75, 3.05) is 10.7 Å². The molecule has 0 bridgehead atoms. The summed E-state index contributed by atoms with van der Waals surface area (Å²) in [4.78, 5) is 20.4. The third kappa shape index (κ3) is 3.98. The minimum atomic E-state index is -0.321. The average molecular weight is 473 g/mol. The fourth-order valence-electron chi connectivity index (χ4n) is 5.32. The molecule has 0 saturated carbocycles. The fourth-order valence-corrected chi connectivity index (χ4v) is 7.24. The number of para-hydroxylation sites is 2. The van der Waals surface area contributed by atoms with E-state index >= 15 is 0 Å². The van der Waals surface area contributed by atoms with Crippen LogP contribution in [0.25, 0.3) is 10.2 Å². The van der Waals surface area contributed by atoms with Gasteiger partial charge < -0.3 is 4.90 Å². The first-order chi connectivity index (χ1) is 15.8. The zero-order valence-corrected chi connectivity index (χ0v) is 21.1. The third-order valence-electron chi connectivity index (χ3n) is 6.63. The molecule has 1 atom stereocenters. The molecule has 0 saturated heterocycles. The van der Waals surface area contributed by atoms with Crippen molar-refractivity contribution in [1.29, 1.82) is 0 Å². The molecular formula is C28H28N2OS2. The molecule has 1 aliphatic heterocycles. The van der Waals surface area contributed by atoms with Gasteiger partial charge in [-0.1, -0.05) is 78.8 Å². The molecule has 0 fully saturated rings. The summed E-state index contributed by atoms with van der Waals surface area (Å²) in [6.45, 7) is 8.84. The molecular weight excluding hydrogens is 444 g/mol. The highest BCUT2D eigenvalue weighted by Gasteiger charge is 2.47. The highest BCUT2D eigenvalue weighted by molar-refractivity contribution is 8.01. The molecule has 0 N–H and O–H groups in total. The minimum absolute atomic E-state index is 0.128. The van der Waals surface area contributed by atoms with Crippen LogP contribution in [0.3, 0.4) is 0 Å². The molecule has 1 aromatic heterocycles. The normalized spacial score (nSPS) is 19.5. The van der Waals surface area contributed by atoms with E-state index in [4.69, 9.17) is 4.98 Å². The van der Waals surface area contributed by atoms with Crippen molar-refractivity contribution < 1.29 is 4.79 Å². The van der Waals surface area contributed by atoms with Gasteiger partial charge in [-0.05, 0) is 56.5 Å². The second kappa shape index (κ2) is 8.30. The molecule has 168 valence electrons. The molecule has 5 heteroatoms. The average Bonchev–Trinajstić information content (AvgIpc) is 3.20. The molecule has 2 heterocycles. The van der Waals surface area contributed by atoms with Crippen LogP contribution in [0.4, 0.5) is 5.69 Å². The molecule has 0 radical (unpaired) electrons. The number of rotatable bonds is 4. The van der Waals surface area contributed by atoms with E-state index in [9.17, 15) is 4.79 Å². The number of amides is 1. The van der Waals surface area contributed by atoms with E-state index in [1.54, 1.807) is 11.3 Å². The van der Waals surface area contributed by atoms with Crippen molar-refractivity contribution in [2.24, 2.45) is 0 Å². The Morgan fingerprint density at radius 1 is 1.03 bits per heavy atom. The highest BCUT2D eigenvalue weighted by Crippen LogP contribution is 2.50. The first kappa shape index (κ1) is 22.2. The Balaban J connectivity index is 1.48. The van der Waals surface area contributed by atoms with Gasteiger partial charge in [-0.25, -0.2) is 4.98 Å². The number of aromatic nitrogens is 1. The summed E-state index contributed by atoms with van der Waals surface area (Å²) in [7, 11) is 0. The summed E-state index contributed by atoms with van der Waals surface area (Å²) in [5, 5.41) is 0. The lowest BCUT2D eigenvalue weighted by molar-refractivity contribution is -0.117. The summed E-state index contributed by atoms with van der Waals surface area (Å²) in [6.07, 6.45) is 0.859. The zero-order chi connectivity index (χ0) is 23.2. The number of nitrogens with zero attached hydrogens (tertiary/aromatic N) is 2. The topological polar surface area (TPSA) is 33.2 Å². The van der Waals surface area contributed by atoms with E-state index in [0.717, 1.165) is 26.7 Å². The van der Waals surface area contributed by atoms with Gasteiger partial charge in [0.1, 0.15) is 0 Å². The second-order valence-corrected chi connectivity index (χ2v) is 11.9. The molecule has 1 amide bonds. The number of thioether (sulfide) groups is 1. The maximum atomic E-state index is 13.6. The van der Waals surface area contributed by atoms with Crippen LogP contribution in [0.5, 0.6) is 0 Å². The van der Waals surface area contributed by atoms with Crippen LogP contribution in [0.2, 0.25) is 0 Å². The zero-order valence-electron chi connectivity index (χ0n) is 19.5. The van der Waals surface area contributed by atoms with Crippen molar-refractivity contribution in [3.05, 3.63) is 89.5 Å². The van der Waals surface area contributed by atoms with Crippen molar-refractivity contribution >= 4 is 44.9 Å². The smallest absolute Gasteiger partial charge is 0.237 e. The maximum Gasteiger partial charge on any atom is 0.237 e. The van der Waals surface area contributed by atoms with E-state index in [2.05, 4.69) is 76.2 Å². The lowest BCUT2D eigenvalue weighted by atomic mass is 9.65. The summed E-state index contributed by atoms with van der Waals surface area (Å²) in [6, 6.07) is 25.3. The predicted molar refractivity (Wildman–Crippen MR) is 141 cm³/mol. The summed E-state index contributed by atoms with van der Waals surface area (Å²) in [5.41, 5.74) is 5.31. The Kier molecular flexibility index (Phi) is 5.58. The number of benzene rings is 3. The number of hydrogen-bond acceptors (Lipinski definition) is 4. The molecule has 3 nitrogen and oxygen atoms in total. The standard InChI is InChI=1S/C28H28N2OS2/c1-19-10-9-11-20(16-19)28(4)18-27(2,3)30(23-14-7-5-12-21(23)28)25(31)17-32-26-29-22-13-6-8-15-24(22)33-26/h5-16H,17-18H2,1-4H3/t28-/m0/s1. The largest absolute Gasteiger partial charge is 0.306 e. The summed E-state index contributed by atoms with van der Waals surface area (Å²) >= 11 is 3.19. The Morgan fingerprint density at radius 3 is 2.58 bits per heavy atom. The van der Waals surface area contributed by atoms with Crippen molar-refractivity contribution in [3.63, 3.8) is 0 Å². The number of anilines is 1. The second-order valence-electron chi connectivity index (χ2n) is 9.67. The molecule has 5 rings (SSSR count). The monoisotopic (exact) mass is 472 g/mol. The quantitative estimate of drug-likeness (QED) is 0.294. The Labute approximate surface area is 203 Å². The molecule has 1 aliphatic rings. The van der Waals surface area contributed by atoms with Crippen LogP contribution in [0, 0.1) is 6.92 Å². The van der Waals surface area contributed by atoms with Gasteiger partial charge in [0, 0.05) is 16.6 Å². The Bertz CT molecular complexity index is 1310. The molecule has 0 aliphatic carbocycles. The molecule has 3 aromatic carbocycles. The van der Waals surface area contributed by atoms with Gasteiger partial charge in [0.05, 0.1) is 16.0 Å². The van der Waals surface area contributed by atoms with E-state index in [-0.39, 0.29) is 16.9 Å². The fraction of sp³-hybridized carbons (Fsp3) is 0.286. The predicted octanol–water partition coefficient (Wildman–Crippen LogP) is 7.22. The minimum Gasteiger partial charge on any atom is -0.306 e. The summed E-state index contributed by atoms with van der Waals surface area (Å²) in [5.74, 6) is 0.502. The van der Waals surface area contributed by atoms with Crippen LogP contribution < -0.4 is 4.90 Å². The molecule has 4 aromatic rings. The summed E-state index contributed by atoms with van der Waals surface area (Å²) < 4.78 is 2.10. The van der Waals surface area contributed by atoms with Crippen molar-refractivity contribution in [1.82, 2.24) is 4.98 Å². The van der Waals surface area contributed by atoms with Gasteiger partial charge in [-0.3, -0.25) is 4.79 Å². The van der Waals surface area contributed by atoms with E-state index in [0.29, 0.717) is 5.75 Å². The maximum absolute atomic E-state index is 13.6. The van der Waals surface area contributed by atoms with Gasteiger partial charge in [0.2, 0.25) is 5.91 Å². The van der Waals surface area contributed by atoms with Gasteiger partial charge in [-0.15, -0.1) is 11.3 Å². The van der Waals surface area contributed by atoms with E-state index in [1.165, 1.54) is 28.5 Å². The molecule has 33 heavy (non-hydrogen) atoms. The Hall–Kier alpha value is -2.63. The number of carbonyl (C=O) groups is 1. The first-order valence-corrected chi connectivity index (χ1v) is 13.1. The third-order valence-corrected chi connectivity index (χ3v) is 8.79. The number of fused-ring (bicyclic) bond motifs is 2. The van der Waals surface area contributed by atoms with Crippen LogP contribution in [0.15, 0.2) is 77.1 Å². The highest BCUT2D eigenvalue weighted by atomic mass is 32.2. The SMILES string of the molecule is Cc1cccc([C@]2(C)CC(C)(C)N(C(=O)CSc3nc4ccccc4s3)c3ccccc32)c1. The van der Waals surface area contributed by atoms with Crippen molar-refractivity contribution in [3.8, 4) is 0 Å². The number of aryl methyl sites for hydroxylation is 1. The van der Waals surface area contributed by atoms with Gasteiger partial charge in [-0.2, -0.15) is 0 Å².